The van der Waals surface area contributed by atoms with Gasteiger partial charge in [-0.15, -0.1) is 0 Å². The lowest BCUT2D eigenvalue weighted by Gasteiger charge is -2.18. The highest BCUT2D eigenvalue weighted by Crippen LogP contribution is 2.21. The Morgan fingerprint density at radius 3 is 2.76 bits per heavy atom. The van der Waals surface area contributed by atoms with Crippen LogP contribution in [0, 0.1) is 0 Å². The minimum absolute atomic E-state index is 0.615. The average Bonchev–Trinajstić information content (AvgIpc) is 2.36. The van der Waals surface area contributed by atoms with Gasteiger partial charge in [-0.2, -0.15) is 0 Å². The van der Waals surface area contributed by atoms with E-state index in [1.807, 2.05) is 13.8 Å². The van der Waals surface area contributed by atoms with Crippen molar-refractivity contribution < 1.29 is 5.11 Å². The van der Waals surface area contributed by atoms with Crippen molar-refractivity contribution in [1.29, 1.82) is 0 Å². The van der Waals surface area contributed by atoms with E-state index in [-0.39, 0.29) is 0 Å². The van der Waals surface area contributed by atoms with Gasteiger partial charge < -0.3 is 10.0 Å². The van der Waals surface area contributed by atoms with Crippen molar-refractivity contribution in [2.45, 2.75) is 45.3 Å². The average molecular weight is 233 g/mol. The van der Waals surface area contributed by atoms with E-state index in [9.17, 15) is 5.11 Å². The molecule has 0 amide bonds. The van der Waals surface area contributed by atoms with Crippen LogP contribution < -0.4 is 0 Å². The highest BCUT2D eigenvalue weighted by molar-refractivity contribution is 5.33. The first-order chi connectivity index (χ1) is 7.94. The number of fused-ring (bicyclic) bond motifs is 1. The number of nitrogens with zero attached hydrogens (tertiary/aromatic N) is 1. The Bertz CT molecular complexity index is 392. The zero-order chi connectivity index (χ0) is 12.5. The lowest BCUT2D eigenvalue weighted by Crippen LogP contribution is -2.22. The van der Waals surface area contributed by atoms with Gasteiger partial charge in [0.15, 0.2) is 0 Å². The summed E-state index contributed by atoms with van der Waals surface area (Å²) in [5, 5.41) is 9.86. The molecule has 0 unspecified atom stereocenters. The summed E-state index contributed by atoms with van der Waals surface area (Å²) in [5.41, 5.74) is 3.55. The number of hydrogen-bond acceptors (Lipinski definition) is 2. The molecule has 1 heterocycles. The second-order valence-corrected chi connectivity index (χ2v) is 5.93. The predicted octanol–water partition coefficient (Wildman–Crippen LogP) is 2.38. The summed E-state index contributed by atoms with van der Waals surface area (Å²) in [4.78, 5) is 2.38. The van der Waals surface area contributed by atoms with Crippen LogP contribution in [0.15, 0.2) is 18.2 Å². The van der Waals surface area contributed by atoms with E-state index in [1.165, 1.54) is 36.1 Å². The number of rotatable bonds is 2. The van der Waals surface area contributed by atoms with Crippen molar-refractivity contribution in [2.75, 3.05) is 13.6 Å². The van der Waals surface area contributed by atoms with Crippen LogP contribution in [0.3, 0.4) is 0 Å². The quantitative estimate of drug-likeness (QED) is 0.848. The lowest BCUT2D eigenvalue weighted by atomic mass is 9.94. The third-order valence-electron chi connectivity index (χ3n) is 3.33. The molecule has 0 bridgehead atoms. The van der Waals surface area contributed by atoms with Crippen LogP contribution in [0.2, 0.25) is 0 Å². The molecule has 17 heavy (non-hydrogen) atoms. The van der Waals surface area contributed by atoms with E-state index < -0.39 is 5.60 Å². The summed E-state index contributed by atoms with van der Waals surface area (Å²) in [6, 6.07) is 6.68. The van der Waals surface area contributed by atoms with Crippen LogP contribution in [0.5, 0.6) is 0 Å². The molecule has 2 rings (SSSR count). The molecule has 0 radical (unpaired) electrons. The Labute approximate surface area is 104 Å². The SMILES string of the molecule is CN1CCCc2cc(CC(C)(C)O)ccc2C1. The van der Waals surface area contributed by atoms with Crippen LogP contribution in [0.4, 0.5) is 0 Å². The Kier molecular flexibility index (Phi) is 3.55. The Hall–Kier alpha value is -0.860. The fraction of sp³-hybridized carbons (Fsp3) is 0.600. The minimum Gasteiger partial charge on any atom is -0.390 e. The van der Waals surface area contributed by atoms with Crippen LogP contribution in [0.1, 0.15) is 37.0 Å². The standard InChI is InChI=1S/C15H23NO/c1-15(2,17)10-12-6-7-14-11-16(3)8-4-5-13(14)9-12/h6-7,9,17H,4-5,8,10-11H2,1-3H3. The van der Waals surface area contributed by atoms with E-state index in [2.05, 4.69) is 30.1 Å². The number of aliphatic hydroxyl groups is 1. The van der Waals surface area contributed by atoms with E-state index >= 15 is 0 Å². The molecule has 2 nitrogen and oxygen atoms in total. The second-order valence-electron chi connectivity index (χ2n) is 5.93. The zero-order valence-corrected chi connectivity index (χ0v) is 11.2. The topological polar surface area (TPSA) is 23.5 Å². The highest BCUT2D eigenvalue weighted by Gasteiger charge is 2.16. The van der Waals surface area contributed by atoms with E-state index in [4.69, 9.17) is 0 Å². The molecule has 1 aliphatic rings. The molecule has 94 valence electrons. The van der Waals surface area contributed by atoms with Crippen LogP contribution in [-0.2, 0) is 19.4 Å². The summed E-state index contributed by atoms with van der Waals surface area (Å²) in [6.45, 7) is 5.96. The summed E-state index contributed by atoms with van der Waals surface area (Å²) in [6.07, 6.45) is 3.13. The van der Waals surface area contributed by atoms with Crippen molar-refractivity contribution in [1.82, 2.24) is 4.90 Å². The van der Waals surface area contributed by atoms with Crippen LogP contribution in [0.25, 0.3) is 0 Å². The first kappa shape index (κ1) is 12.6. The van der Waals surface area contributed by atoms with E-state index in [0.717, 1.165) is 13.0 Å². The molecule has 0 fully saturated rings. The number of benzene rings is 1. The first-order valence-electron chi connectivity index (χ1n) is 6.46. The smallest absolute Gasteiger partial charge is 0.0631 e. The molecular weight excluding hydrogens is 210 g/mol. The fourth-order valence-electron chi connectivity index (χ4n) is 2.59. The van der Waals surface area contributed by atoms with Crippen LogP contribution in [-0.4, -0.2) is 29.2 Å². The van der Waals surface area contributed by atoms with Crippen molar-refractivity contribution in [3.63, 3.8) is 0 Å². The monoisotopic (exact) mass is 233 g/mol. The molecular formula is C15H23NO. The number of aryl methyl sites for hydroxylation is 1. The third kappa shape index (κ3) is 3.55. The van der Waals surface area contributed by atoms with Gasteiger partial charge in [0.2, 0.25) is 0 Å². The van der Waals surface area contributed by atoms with Gasteiger partial charge in [-0.1, -0.05) is 18.2 Å². The zero-order valence-electron chi connectivity index (χ0n) is 11.2. The molecule has 0 aromatic heterocycles. The molecule has 0 aliphatic carbocycles. The molecule has 0 saturated carbocycles. The molecule has 2 heteroatoms. The normalized spacial score (nSPS) is 17.6. The van der Waals surface area contributed by atoms with E-state index in [1.54, 1.807) is 0 Å². The highest BCUT2D eigenvalue weighted by atomic mass is 16.3. The summed E-state index contributed by atoms with van der Waals surface area (Å²) < 4.78 is 0. The minimum atomic E-state index is -0.615. The maximum atomic E-state index is 9.86. The summed E-state index contributed by atoms with van der Waals surface area (Å²) in [5.74, 6) is 0. The summed E-state index contributed by atoms with van der Waals surface area (Å²) >= 11 is 0. The van der Waals surface area contributed by atoms with Gasteiger partial charge in [-0.25, -0.2) is 0 Å². The second kappa shape index (κ2) is 4.79. The third-order valence-corrected chi connectivity index (χ3v) is 3.33. The van der Waals surface area contributed by atoms with Gasteiger partial charge in [-0.3, -0.25) is 0 Å². The Balaban J connectivity index is 2.22. The van der Waals surface area contributed by atoms with Gasteiger partial charge in [0.25, 0.3) is 0 Å². The van der Waals surface area contributed by atoms with Crippen molar-refractivity contribution in [3.8, 4) is 0 Å². The van der Waals surface area contributed by atoms with Gasteiger partial charge in [0, 0.05) is 13.0 Å². The first-order valence-corrected chi connectivity index (χ1v) is 6.46. The molecule has 1 aromatic rings. The number of hydrogen-bond donors (Lipinski definition) is 1. The van der Waals surface area contributed by atoms with Crippen molar-refractivity contribution in [3.05, 3.63) is 34.9 Å². The Morgan fingerprint density at radius 2 is 2.06 bits per heavy atom. The molecule has 1 aromatic carbocycles. The van der Waals surface area contributed by atoms with Gasteiger partial charge in [0.05, 0.1) is 5.60 Å². The van der Waals surface area contributed by atoms with Gasteiger partial charge in [-0.05, 0) is 57.0 Å². The van der Waals surface area contributed by atoms with Gasteiger partial charge in [0.1, 0.15) is 0 Å². The maximum absolute atomic E-state index is 9.86. The fourth-order valence-corrected chi connectivity index (χ4v) is 2.59. The van der Waals surface area contributed by atoms with Crippen molar-refractivity contribution >= 4 is 0 Å². The van der Waals surface area contributed by atoms with Crippen LogP contribution >= 0.6 is 0 Å². The molecule has 0 atom stereocenters. The molecule has 1 N–H and O–H groups in total. The predicted molar refractivity (Wildman–Crippen MR) is 71.1 cm³/mol. The Morgan fingerprint density at radius 1 is 1.29 bits per heavy atom. The lowest BCUT2D eigenvalue weighted by molar-refractivity contribution is 0.0810. The largest absolute Gasteiger partial charge is 0.390 e. The van der Waals surface area contributed by atoms with Crippen molar-refractivity contribution in [2.24, 2.45) is 0 Å². The maximum Gasteiger partial charge on any atom is 0.0631 e. The molecule has 1 aliphatic heterocycles. The van der Waals surface area contributed by atoms with Gasteiger partial charge >= 0.3 is 0 Å². The van der Waals surface area contributed by atoms with E-state index in [0.29, 0.717) is 0 Å². The molecule has 0 saturated heterocycles. The molecule has 0 spiro atoms. The summed E-state index contributed by atoms with van der Waals surface area (Å²) in [7, 11) is 2.18.